The van der Waals surface area contributed by atoms with E-state index >= 15 is 0 Å². The van der Waals surface area contributed by atoms with Gasteiger partial charge in [-0.05, 0) is 29.8 Å². The predicted octanol–water partition coefficient (Wildman–Crippen LogP) is 4.22. The molecule has 0 heterocycles. The number of aliphatic hydroxyl groups is 1. The molecule has 100 valence electrons. The highest BCUT2D eigenvalue weighted by Crippen LogP contribution is 2.30. The van der Waals surface area contributed by atoms with Crippen LogP contribution < -0.4 is 4.74 Å². The Morgan fingerprint density at radius 3 is 2.42 bits per heavy atom. The smallest absolute Gasteiger partial charge is 0.133 e. The molecule has 1 unspecified atom stereocenters. The molecule has 0 aliphatic rings. The Hall–Kier alpha value is -1.29. The van der Waals surface area contributed by atoms with Gasteiger partial charge in [-0.25, -0.2) is 4.39 Å². The number of hydrogen-bond acceptors (Lipinski definition) is 2. The van der Waals surface area contributed by atoms with Gasteiger partial charge < -0.3 is 9.84 Å². The fourth-order valence-corrected chi connectivity index (χ4v) is 2.03. The maximum Gasteiger partial charge on any atom is 0.133 e. The average molecular weight is 301 g/mol. The van der Waals surface area contributed by atoms with E-state index in [1.165, 1.54) is 25.3 Å². The van der Waals surface area contributed by atoms with Crippen LogP contribution in [0.5, 0.6) is 5.75 Å². The molecular weight excluding hydrogens is 290 g/mol. The summed E-state index contributed by atoms with van der Waals surface area (Å²) in [6, 6.07) is 8.95. The van der Waals surface area contributed by atoms with Crippen LogP contribution in [0.25, 0.3) is 0 Å². The lowest BCUT2D eigenvalue weighted by molar-refractivity contribution is 0.214. The largest absolute Gasteiger partial charge is 0.497 e. The summed E-state index contributed by atoms with van der Waals surface area (Å²) in [5.41, 5.74) is 0.623. The van der Waals surface area contributed by atoms with E-state index in [0.717, 1.165) is 0 Å². The second-order valence-corrected chi connectivity index (χ2v) is 4.78. The summed E-state index contributed by atoms with van der Waals surface area (Å²) in [6.07, 6.45) is -1.11. The van der Waals surface area contributed by atoms with Crippen molar-refractivity contribution in [1.29, 1.82) is 0 Å². The topological polar surface area (TPSA) is 29.5 Å². The minimum absolute atomic E-state index is 0.152. The molecule has 0 aromatic heterocycles. The Morgan fingerprint density at radius 1 is 1.11 bits per heavy atom. The summed E-state index contributed by atoms with van der Waals surface area (Å²) in [4.78, 5) is 0. The number of methoxy groups -OCH3 is 1. The quantitative estimate of drug-likeness (QED) is 0.919. The number of aliphatic hydroxyl groups excluding tert-OH is 1. The zero-order valence-electron chi connectivity index (χ0n) is 10.0. The Labute approximate surface area is 120 Å². The monoisotopic (exact) mass is 300 g/mol. The number of halogens is 3. The lowest BCUT2D eigenvalue weighted by Gasteiger charge is -2.14. The van der Waals surface area contributed by atoms with Crippen LogP contribution in [-0.4, -0.2) is 12.2 Å². The molecule has 0 saturated heterocycles. The molecule has 1 N–H and O–H groups in total. The molecule has 5 heteroatoms. The third-order valence-corrected chi connectivity index (χ3v) is 3.50. The molecule has 2 nitrogen and oxygen atoms in total. The number of hydrogen-bond donors (Lipinski definition) is 1. The van der Waals surface area contributed by atoms with Crippen LogP contribution in [-0.2, 0) is 0 Å². The normalized spacial score (nSPS) is 12.3. The lowest BCUT2D eigenvalue weighted by atomic mass is 10.0. The number of rotatable bonds is 3. The van der Waals surface area contributed by atoms with Crippen LogP contribution in [0.2, 0.25) is 10.0 Å². The minimum atomic E-state index is -1.11. The first-order valence-corrected chi connectivity index (χ1v) is 6.25. The predicted molar refractivity (Wildman–Crippen MR) is 73.5 cm³/mol. The summed E-state index contributed by atoms with van der Waals surface area (Å²) in [5.74, 6) is -0.152. The first-order chi connectivity index (χ1) is 9.02. The molecule has 0 radical (unpaired) electrons. The van der Waals surface area contributed by atoms with Gasteiger partial charge in [-0.3, -0.25) is 0 Å². The SMILES string of the molecule is COc1ccc(C(O)c2ccc(Cl)c(Cl)c2)c(F)c1. The van der Waals surface area contributed by atoms with Gasteiger partial charge in [0.1, 0.15) is 17.7 Å². The van der Waals surface area contributed by atoms with E-state index in [0.29, 0.717) is 21.4 Å². The van der Waals surface area contributed by atoms with Crippen LogP contribution in [0.3, 0.4) is 0 Å². The van der Waals surface area contributed by atoms with E-state index in [2.05, 4.69) is 0 Å². The van der Waals surface area contributed by atoms with Gasteiger partial charge in [-0.2, -0.15) is 0 Å². The summed E-state index contributed by atoms with van der Waals surface area (Å²) in [6.45, 7) is 0. The van der Waals surface area contributed by atoms with Crippen LogP contribution in [0, 0.1) is 5.82 Å². The van der Waals surface area contributed by atoms with Crippen molar-refractivity contribution in [3.63, 3.8) is 0 Å². The summed E-state index contributed by atoms with van der Waals surface area (Å²) in [5, 5.41) is 10.9. The van der Waals surface area contributed by atoms with Gasteiger partial charge in [-0.1, -0.05) is 29.3 Å². The molecule has 1 atom stereocenters. The van der Waals surface area contributed by atoms with Gasteiger partial charge >= 0.3 is 0 Å². The zero-order valence-corrected chi connectivity index (χ0v) is 11.5. The third-order valence-electron chi connectivity index (χ3n) is 2.76. The van der Waals surface area contributed by atoms with Gasteiger partial charge in [0.25, 0.3) is 0 Å². The van der Waals surface area contributed by atoms with Crippen LogP contribution in [0.4, 0.5) is 4.39 Å². The lowest BCUT2D eigenvalue weighted by Crippen LogP contribution is -2.03. The Bertz CT molecular complexity index is 602. The summed E-state index contributed by atoms with van der Waals surface area (Å²) in [7, 11) is 1.45. The highest BCUT2D eigenvalue weighted by Gasteiger charge is 2.16. The Kier molecular flexibility index (Phi) is 4.30. The standard InChI is InChI=1S/C14H11Cl2FO2/c1-19-9-3-4-10(13(17)7-9)14(18)8-2-5-11(15)12(16)6-8/h2-7,14,18H,1H3. The molecule has 0 bridgehead atoms. The van der Waals surface area contributed by atoms with E-state index in [1.54, 1.807) is 18.2 Å². The molecule has 0 aliphatic carbocycles. The van der Waals surface area contributed by atoms with E-state index in [9.17, 15) is 9.50 Å². The van der Waals surface area contributed by atoms with Crippen molar-refractivity contribution in [3.05, 3.63) is 63.4 Å². The van der Waals surface area contributed by atoms with Gasteiger partial charge in [0.15, 0.2) is 0 Å². The molecule has 2 rings (SSSR count). The fourth-order valence-electron chi connectivity index (χ4n) is 1.72. The first-order valence-electron chi connectivity index (χ1n) is 5.49. The third kappa shape index (κ3) is 3.00. The van der Waals surface area contributed by atoms with Crippen molar-refractivity contribution in [1.82, 2.24) is 0 Å². The van der Waals surface area contributed by atoms with Crippen molar-refractivity contribution in [2.24, 2.45) is 0 Å². The van der Waals surface area contributed by atoms with Crippen molar-refractivity contribution < 1.29 is 14.2 Å². The van der Waals surface area contributed by atoms with E-state index in [1.807, 2.05) is 0 Å². The van der Waals surface area contributed by atoms with E-state index < -0.39 is 11.9 Å². The van der Waals surface area contributed by atoms with Crippen molar-refractivity contribution >= 4 is 23.2 Å². The molecule has 19 heavy (non-hydrogen) atoms. The van der Waals surface area contributed by atoms with Crippen molar-refractivity contribution in [3.8, 4) is 5.75 Å². The van der Waals surface area contributed by atoms with Gasteiger partial charge in [0.05, 0.1) is 17.2 Å². The molecule has 2 aromatic carbocycles. The van der Waals surface area contributed by atoms with Crippen molar-refractivity contribution in [2.75, 3.05) is 7.11 Å². The van der Waals surface area contributed by atoms with E-state index in [4.69, 9.17) is 27.9 Å². The second-order valence-electron chi connectivity index (χ2n) is 3.96. The molecule has 0 spiro atoms. The minimum Gasteiger partial charge on any atom is -0.497 e. The highest BCUT2D eigenvalue weighted by molar-refractivity contribution is 6.42. The Morgan fingerprint density at radius 2 is 1.84 bits per heavy atom. The maximum atomic E-state index is 13.9. The van der Waals surface area contributed by atoms with Gasteiger partial charge in [0.2, 0.25) is 0 Å². The summed E-state index contributed by atoms with van der Waals surface area (Å²) >= 11 is 11.7. The van der Waals surface area contributed by atoms with Gasteiger partial charge in [0, 0.05) is 11.6 Å². The molecule has 0 saturated carbocycles. The average Bonchev–Trinajstić information content (AvgIpc) is 2.41. The molecule has 2 aromatic rings. The molecule has 0 aliphatic heterocycles. The Balaban J connectivity index is 2.38. The van der Waals surface area contributed by atoms with E-state index in [-0.39, 0.29) is 5.56 Å². The summed E-state index contributed by atoms with van der Waals surface area (Å²) < 4.78 is 18.8. The molecular formula is C14H11Cl2FO2. The van der Waals surface area contributed by atoms with Crippen LogP contribution >= 0.6 is 23.2 Å². The van der Waals surface area contributed by atoms with Gasteiger partial charge in [-0.15, -0.1) is 0 Å². The van der Waals surface area contributed by atoms with Crippen LogP contribution in [0.15, 0.2) is 36.4 Å². The number of benzene rings is 2. The highest BCUT2D eigenvalue weighted by atomic mass is 35.5. The van der Waals surface area contributed by atoms with Crippen LogP contribution in [0.1, 0.15) is 17.2 Å². The zero-order chi connectivity index (χ0) is 14.0. The van der Waals surface area contributed by atoms with Crippen molar-refractivity contribution in [2.45, 2.75) is 6.10 Å². The number of ether oxygens (including phenoxy) is 1. The second kappa shape index (κ2) is 5.78. The maximum absolute atomic E-state index is 13.9. The fraction of sp³-hybridized carbons (Fsp3) is 0.143. The molecule has 0 fully saturated rings. The molecule has 0 amide bonds. The first kappa shape index (κ1) is 14.1.